The first kappa shape index (κ1) is 28.2. The van der Waals surface area contributed by atoms with E-state index in [2.05, 4.69) is 62.3 Å². The molecule has 32 heavy (non-hydrogen) atoms. The van der Waals surface area contributed by atoms with Crippen LogP contribution < -0.4 is 0 Å². The largest absolute Gasteiger partial charge is 0.458 e. The molecule has 0 aliphatic rings. The Hall–Kier alpha value is -1.84. The minimum atomic E-state index is -0.443. The Morgan fingerprint density at radius 3 is 1.59 bits per heavy atom. The third-order valence-electron chi connectivity index (χ3n) is 6.01. The molecule has 0 saturated carbocycles. The van der Waals surface area contributed by atoms with E-state index in [4.69, 9.17) is 9.47 Å². The van der Waals surface area contributed by atoms with Crippen molar-refractivity contribution in [3.8, 4) is 0 Å². The van der Waals surface area contributed by atoms with E-state index in [1.165, 1.54) is 0 Å². The molecule has 0 aliphatic carbocycles. The van der Waals surface area contributed by atoms with Gasteiger partial charge < -0.3 is 9.47 Å². The van der Waals surface area contributed by atoms with Crippen molar-refractivity contribution in [3.63, 3.8) is 0 Å². The molecule has 0 fully saturated rings. The van der Waals surface area contributed by atoms with E-state index in [-0.39, 0.29) is 29.5 Å². The molecule has 0 bridgehead atoms. The van der Waals surface area contributed by atoms with Gasteiger partial charge >= 0.3 is 11.9 Å². The number of hydrogen-bond donors (Lipinski definition) is 0. The summed E-state index contributed by atoms with van der Waals surface area (Å²) in [6, 6.07) is 5.46. The fraction of sp³-hybridized carbons (Fsp3) is 0.714. The number of benzene rings is 1. The molecule has 2 unspecified atom stereocenters. The van der Waals surface area contributed by atoms with Crippen LogP contribution in [0.1, 0.15) is 127 Å². The number of ether oxygens (including phenoxy) is 2. The summed E-state index contributed by atoms with van der Waals surface area (Å²) >= 11 is 0. The van der Waals surface area contributed by atoms with Crippen molar-refractivity contribution in [1.29, 1.82) is 0 Å². The standard InChI is InChI=1S/C28H46O4/c1-10-12-14-24(19(3)4)31-26(29)22-17-16-21(28(7,8)9)18-23(22)27(30)32-25(20(5)6)15-13-11-2/h16-20,24-25H,10-15H2,1-9H3. The number of unbranched alkanes of at least 4 members (excludes halogenated alkanes) is 2. The lowest BCUT2D eigenvalue weighted by Gasteiger charge is -2.25. The second-order valence-corrected chi connectivity index (χ2v) is 10.7. The number of esters is 2. The van der Waals surface area contributed by atoms with Gasteiger partial charge in [-0.2, -0.15) is 0 Å². The van der Waals surface area contributed by atoms with Crippen LogP contribution in [0, 0.1) is 11.8 Å². The van der Waals surface area contributed by atoms with Gasteiger partial charge in [0.2, 0.25) is 0 Å². The summed E-state index contributed by atoms with van der Waals surface area (Å²) < 4.78 is 11.8. The van der Waals surface area contributed by atoms with Crippen molar-refractivity contribution >= 4 is 11.9 Å². The predicted octanol–water partition coefficient (Wildman–Crippen LogP) is 7.73. The second-order valence-electron chi connectivity index (χ2n) is 10.7. The maximum Gasteiger partial charge on any atom is 0.339 e. The van der Waals surface area contributed by atoms with E-state index in [0.717, 1.165) is 44.1 Å². The van der Waals surface area contributed by atoms with Crippen molar-refractivity contribution < 1.29 is 19.1 Å². The van der Waals surface area contributed by atoms with Crippen molar-refractivity contribution in [1.82, 2.24) is 0 Å². The number of rotatable bonds is 12. The highest BCUT2D eigenvalue weighted by Gasteiger charge is 2.28. The van der Waals surface area contributed by atoms with Crippen molar-refractivity contribution in [2.45, 2.75) is 118 Å². The van der Waals surface area contributed by atoms with E-state index >= 15 is 0 Å². The first-order valence-corrected chi connectivity index (χ1v) is 12.5. The average molecular weight is 447 g/mol. The molecule has 0 N–H and O–H groups in total. The monoisotopic (exact) mass is 446 g/mol. The van der Waals surface area contributed by atoms with Gasteiger partial charge in [0.1, 0.15) is 12.2 Å². The summed E-state index contributed by atoms with van der Waals surface area (Å²) in [5, 5.41) is 0. The molecule has 0 radical (unpaired) electrons. The minimum absolute atomic E-state index is 0.154. The van der Waals surface area contributed by atoms with Crippen molar-refractivity contribution in [2.75, 3.05) is 0 Å². The zero-order chi connectivity index (χ0) is 24.5. The third-order valence-corrected chi connectivity index (χ3v) is 6.01. The maximum absolute atomic E-state index is 13.3. The molecule has 4 nitrogen and oxygen atoms in total. The fourth-order valence-electron chi connectivity index (χ4n) is 3.63. The first-order chi connectivity index (χ1) is 14.9. The van der Waals surface area contributed by atoms with Crippen LogP contribution in [-0.2, 0) is 14.9 Å². The van der Waals surface area contributed by atoms with Crippen LogP contribution in [0.2, 0.25) is 0 Å². The highest BCUT2D eigenvalue weighted by molar-refractivity contribution is 6.03. The molecule has 0 spiro atoms. The van der Waals surface area contributed by atoms with Crippen LogP contribution in [0.5, 0.6) is 0 Å². The quantitative estimate of drug-likeness (QED) is 0.308. The van der Waals surface area contributed by atoms with Gasteiger partial charge in [0, 0.05) is 0 Å². The molecule has 182 valence electrons. The summed E-state index contributed by atoms with van der Waals surface area (Å²) in [5.41, 5.74) is 1.44. The molecule has 0 heterocycles. The molecule has 0 saturated heterocycles. The van der Waals surface area contributed by atoms with Gasteiger partial charge in [0.25, 0.3) is 0 Å². The van der Waals surface area contributed by atoms with Gasteiger partial charge in [-0.05, 0) is 47.8 Å². The zero-order valence-electron chi connectivity index (χ0n) is 21.9. The van der Waals surface area contributed by atoms with E-state index in [9.17, 15) is 9.59 Å². The summed E-state index contributed by atoms with van der Waals surface area (Å²) in [6.45, 7) is 18.8. The van der Waals surface area contributed by atoms with Gasteiger partial charge in [-0.1, -0.05) is 94.1 Å². The lowest BCUT2D eigenvalue weighted by molar-refractivity contribution is 0.0107. The first-order valence-electron chi connectivity index (χ1n) is 12.5. The molecule has 1 rings (SSSR count). The SMILES string of the molecule is CCCCC(OC(=O)c1ccc(C(C)(C)C)cc1C(=O)OC(CCCC)C(C)C)C(C)C. The molecule has 2 atom stereocenters. The Balaban J connectivity index is 3.28. The van der Waals surface area contributed by atoms with Gasteiger partial charge in [0.05, 0.1) is 11.1 Å². The third kappa shape index (κ3) is 8.60. The highest BCUT2D eigenvalue weighted by atomic mass is 16.6. The van der Waals surface area contributed by atoms with Crippen molar-refractivity contribution in [2.24, 2.45) is 11.8 Å². The van der Waals surface area contributed by atoms with Crippen molar-refractivity contribution in [3.05, 3.63) is 34.9 Å². The van der Waals surface area contributed by atoms with Crippen LogP contribution >= 0.6 is 0 Å². The predicted molar refractivity (Wildman–Crippen MR) is 132 cm³/mol. The second kappa shape index (κ2) is 13.0. The lowest BCUT2D eigenvalue weighted by Crippen LogP contribution is -2.27. The van der Waals surface area contributed by atoms with Crippen LogP contribution in [0.15, 0.2) is 18.2 Å². The van der Waals surface area contributed by atoms with Crippen LogP contribution in [-0.4, -0.2) is 24.1 Å². The van der Waals surface area contributed by atoms with Gasteiger partial charge in [-0.15, -0.1) is 0 Å². The summed E-state index contributed by atoms with van der Waals surface area (Å²) in [6.07, 6.45) is 5.41. The minimum Gasteiger partial charge on any atom is -0.458 e. The highest BCUT2D eigenvalue weighted by Crippen LogP contribution is 2.27. The number of carbonyl (C=O) groups excluding carboxylic acids is 2. The van der Waals surface area contributed by atoms with Gasteiger partial charge in [-0.3, -0.25) is 0 Å². The van der Waals surface area contributed by atoms with Gasteiger partial charge in [-0.25, -0.2) is 9.59 Å². The molecule has 1 aromatic carbocycles. The van der Waals surface area contributed by atoms with E-state index < -0.39 is 11.9 Å². The van der Waals surface area contributed by atoms with Crippen LogP contribution in [0.25, 0.3) is 0 Å². The van der Waals surface area contributed by atoms with Crippen LogP contribution in [0.4, 0.5) is 0 Å². The fourth-order valence-corrected chi connectivity index (χ4v) is 3.63. The number of carbonyl (C=O) groups is 2. The molecular formula is C28H46O4. The average Bonchev–Trinajstić information content (AvgIpc) is 2.72. The normalized spacial score (nSPS) is 13.8. The summed E-state index contributed by atoms with van der Waals surface area (Å²) in [5.74, 6) is -0.449. The Labute approximate surface area is 196 Å². The zero-order valence-corrected chi connectivity index (χ0v) is 21.9. The number of hydrogen-bond acceptors (Lipinski definition) is 4. The van der Waals surface area contributed by atoms with E-state index in [1.807, 2.05) is 12.1 Å². The lowest BCUT2D eigenvalue weighted by atomic mass is 9.85. The van der Waals surface area contributed by atoms with E-state index in [1.54, 1.807) is 6.07 Å². The molecule has 1 aromatic rings. The Morgan fingerprint density at radius 1 is 0.781 bits per heavy atom. The molecular weight excluding hydrogens is 400 g/mol. The summed E-state index contributed by atoms with van der Waals surface area (Å²) in [7, 11) is 0. The Kier molecular flexibility index (Phi) is 11.5. The molecule has 4 heteroatoms. The maximum atomic E-state index is 13.3. The van der Waals surface area contributed by atoms with Crippen LogP contribution in [0.3, 0.4) is 0 Å². The topological polar surface area (TPSA) is 52.6 Å². The smallest absolute Gasteiger partial charge is 0.339 e. The Bertz CT molecular complexity index is 727. The van der Waals surface area contributed by atoms with E-state index in [0.29, 0.717) is 11.1 Å². The summed E-state index contributed by atoms with van der Waals surface area (Å²) in [4.78, 5) is 26.5. The van der Waals surface area contributed by atoms with Gasteiger partial charge in [0.15, 0.2) is 0 Å². The molecule has 0 amide bonds. The Morgan fingerprint density at radius 2 is 1.22 bits per heavy atom. The molecule has 0 aliphatic heterocycles. The molecule has 0 aromatic heterocycles.